The molecule has 0 fully saturated rings. The maximum absolute atomic E-state index is 11.4. The smallest absolute Gasteiger partial charge is 0.328 e. The fourth-order valence-electron chi connectivity index (χ4n) is 1.69. The molecule has 1 aromatic carbocycles. The Hall–Kier alpha value is -2.10. The lowest BCUT2D eigenvalue weighted by molar-refractivity contribution is -0.131. The van der Waals surface area contributed by atoms with E-state index >= 15 is 0 Å². The van der Waals surface area contributed by atoms with Crippen molar-refractivity contribution in [2.75, 3.05) is 5.32 Å². The van der Waals surface area contributed by atoms with Gasteiger partial charge in [-0.2, -0.15) is 0 Å². The van der Waals surface area contributed by atoms with Crippen LogP contribution in [0, 0.1) is 20.8 Å². The number of aliphatic carboxylic acids is 1. The van der Waals surface area contributed by atoms with Crippen LogP contribution in [0.4, 0.5) is 5.69 Å². The van der Waals surface area contributed by atoms with E-state index in [1.165, 1.54) is 0 Å². The summed E-state index contributed by atoms with van der Waals surface area (Å²) in [5.74, 6) is -1.58. The summed E-state index contributed by atoms with van der Waals surface area (Å²) in [6, 6.07) is 3.92. The first-order valence-corrected chi connectivity index (χ1v) is 5.20. The molecule has 0 aromatic heterocycles. The molecule has 2 N–H and O–H groups in total. The Morgan fingerprint density at radius 3 is 2.12 bits per heavy atom. The molecule has 0 saturated heterocycles. The van der Waals surface area contributed by atoms with Gasteiger partial charge >= 0.3 is 5.97 Å². The molecular formula is C13H15NO3. The predicted octanol–water partition coefficient (Wildman–Crippen LogP) is 2.19. The molecule has 4 heteroatoms. The van der Waals surface area contributed by atoms with E-state index in [0.717, 1.165) is 34.5 Å². The van der Waals surface area contributed by atoms with Crippen molar-refractivity contribution in [2.24, 2.45) is 0 Å². The summed E-state index contributed by atoms with van der Waals surface area (Å²) in [6.45, 7) is 5.78. The number of amides is 1. The highest BCUT2D eigenvalue weighted by molar-refractivity contribution is 6.03. The number of carbonyl (C=O) groups excluding carboxylic acids is 1. The van der Waals surface area contributed by atoms with Gasteiger partial charge < -0.3 is 10.4 Å². The summed E-state index contributed by atoms with van der Waals surface area (Å²) in [4.78, 5) is 21.7. The van der Waals surface area contributed by atoms with Gasteiger partial charge in [0.05, 0.1) is 0 Å². The highest BCUT2D eigenvalue weighted by Gasteiger charge is 2.06. The van der Waals surface area contributed by atoms with Crippen LogP contribution in [0.2, 0.25) is 0 Å². The summed E-state index contributed by atoms with van der Waals surface area (Å²) < 4.78 is 0. The van der Waals surface area contributed by atoms with Gasteiger partial charge in [0.1, 0.15) is 0 Å². The van der Waals surface area contributed by atoms with Crippen LogP contribution in [0.25, 0.3) is 0 Å². The van der Waals surface area contributed by atoms with Gasteiger partial charge in [-0.1, -0.05) is 17.7 Å². The molecule has 0 saturated carbocycles. The molecule has 0 heterocycles. The Balaban J connectivity index is 2.89. The van der Waals surface area contributed by atoms with E-state index in [-0.39, 0.29) is 0 Å². The summed E-state index contributed by atoms with van der Waals surface area (Å²) in [5.41, 5.74) is 3.77. The fraction of sp³-hybridized carbons (Fsp3) is 0.231. The van der Waals surface area contributed by atoms with Gasteiger partial charge in [-0.25, -0.2) is 4.79 Å². The van der Waals surface area contributed by atoms with Crippen molar-refractivity contribution < 1.29 is 14.7 Å². The Morgan fingerprint density at radius 2 is 1.65 bits per heavy atom. The number of nitrogens with one attached hydrogen (secondary N) is 1. The van der Waals surface area contributed by atoms with E-state index < -0.39 is 11.9 Å². The highest BCUT2D eigenvalue weighted by Crippen LogP contribution is 2.21. The number of anilines is 1. The lowest BCUT2D eigenvalue weighted by atomic mass is 10.1. The number of aryl methyl sites for hydroxylation is 3. The molecule has 0 bridgehead atoms. The first-order valence-electron chi connectivity index (χ1n) is 5.20. The van der Waals surface area contributed by atoms with Crippen LogP contribution in [0.3, 0.4) is 0 Å². The summed E-state index contributed by atoms with van der Waals surface area (Å²) >= 11 is 0. The van der Waals surface area contributed by atoms with Crippen LogP contribution in [0.5, 0.6) is 0 Å². The van der Waals surface area contributed by atoms with Crippen molar-refractivity contribution >= 4 is 17.6 Å². The molecule has 0 unspecified atom stereocenters. The fourth-order valence-corrected chi connectivity index (χ4v) is 1.69. The predicted molar refractivity (Wildman–Crippen MR) is 66.1 cm³/mol. The largest absolute Gasteiger partial charge is 0.478 e. The number of carbonyl (C=O) groups is 2. The quantitative estimate of drug-likeness (QED) is 0.786. The third-order valence-electron chi connectivity index (χ3n) is 2.30. The van der Waals surface area contributed by atoms with Gasteiger partial charge in [-0.05, 0) is 31.9 Å². The van der Waals surface area contributed by atoms with Gasteiger partial charge in [0.25, 0.3) is 0 Å². The summed E-state index contributed by atoms with van der Waals surface area (Å²) in [6.07, 6.45) is 1.81. The second-order valence-corrected chi connectivity index (χ2v) is 3.93. The van der Waals surface area contributed by atoms with Crippen LogP contribution in [-0.4, -0.2) is 17.0 Å². The van der Waals surface area contributed by atoms with Gasteiger partial charge in [0, 0.05) is 17.8 Å². The average Bonchev–Trinajstić information content (AvgIpc) is 2.20. The molecule has 0 spiro atoms. The van der Waals surface area contributed by atoms with Crippen molar-refractivity contribution in [3.8, 4) is 0 Å². The number of benzene rings is 1. The molecule has 0 aliphatic rings. The Labute approximate surface area is 100.0 Å². The maximum atomic E-state index is 11.4. The van der Waals surface area contributed by atoms with Gasteiger partial charge in [0.15, 0.2) is 0 Å². The molecule has 0 aliphatic carbocycles. The molecule has 0 aliphatic heterocycles. The zero-order valence-corrected chi connectivity index (χ0v) is 10.1. The topological polar surface area (TPSA) is 66.4 Å². The van der Waals surface area contributed by atoms with Gasteiger partial charge in [-0.15, -0.1) is 0 Å². The third kappa shape index (κ3) is 3.75. The molecule has 0 radical (unpaired) electrons. The second-order valence-electron chi connectivity index (χ2n) is 3.93. The van der Waals surface area contributed by atoms with E-state index in [1.54, 1.807) is 0 Å². The molecule has 1 aromatic rings. The molecule has 4 nitrogen and oxygen atoms in total. The molecule has 1 amide bonds. The van der Waals surface area contributed by atoms with Crippen molar-refractivity contribution in [3.05, 3.63) is 41.0 Å². The zero-order valence-electron chi connectivity index (χ0n) is 10.1. The molecule has 1 rings (SSSR count). The SMILES string of the molecule is Cc1cc(C)c(NC(=O)/C=C\C(=O)O)c(C)c1. The van der Waals surface area contributed by atoms with E-state index in [2.05, 4.69) is 5.32 Å². The molecule has 0 atom stereocenters. The Kier molecular flexibility index (Phi) is 4.04. The van der Waals surface area contributed by atoms with Crippen LogP contribution in [-0.2, 0) is 9.59 Å². The zero-order chi connectivity index (χ0) is 13.0. The normalized spacial score (nSPS) is 10.5. The van der Waals surface area contributed by atoms with Crippen molar-refractivity contribution in [3.63, 3.8) is 0 Å². The molecular weight excluding hydrogens is 218 g/mol. The monoisotopic (exact) mass is 233 g/mol. The first kappa shape index (κ1) is 13.0. The minimum atomic E-state index is -1.14. The van der Waals surface area contributed by atoms with E-state index in [9.17, 15) is 9.59 Å². The summed E-state index contributed by atoms with van der Waals surface area (Å²) in [5, 5.41) is 11.1. The highest BCUT2D eigenvalue weighted by atomic mass is 16.4. The van der Waals surface area contributed by atoms with Crippen molar-refractivity contribution in [1.82, 2.24) is 0 Å². The lowest BCUT2D eigenvalue weighted by Gasteiger charge is -2.11. The number of hydrogen-bond donors (Lipinski definition) is 2. The van der Waals surface area contributed by atoms with E-state index in [1.807, 2.05) is 32.9 Å². The Morgan fingerprint density at radius 1 is 1.12 bits per heavy atom. The van der Waals surface area contributed by atoms with Crippen molar-refractivity contribution in [2.45, 2.75) is 20.8 Å². The number of carboxylic acid groups (broad SMARTS) is 1. The van der Waals surface area contributed by atoms with Crippen LogP contribution < -0.4 is 5.32 Å². The van der Waals surface area contributed by atoms with Crippen LogP contribution >= 0.6 is 0 Å². The minimum Gasteiger partial charge on any atom is -0.478 e. The van der Waals surface area contributed by atoms with Crippen LogP contribution in [0.15, 0.2) is 24.3 Å². The second kappa shape index (κ2) is 5.30. The minimum absolute atomic E-state index is 0.442. The van der Waals surface area contributed by atoms with Gasteiger partial charge in [0.2, 0.25) is 5.91 Å². The van der Waals surface area contributed by atoms with Crippen LogP contribution in [0.1, 0.15) is 16.7 Å². The summed E-state index contributed by atoms with van der Waals surface area (Å²) in [7, 11) is 0. The number of hydrogen-bond acceptors (Lipinski definition) is 2. The lowest BCUT2D eigenvalue weighted by Crippen LogP contribution is -2.11. The maximum Gasteiger partial charge on any atom is 0.328 e. The van der Waals surface area contributed by atoms with E-state index in [0.29, 0.717) is 0 Å². The average molecular weight is 233 g/mol. The molecule has 90 valence electrons. The molecule has 17 heavy (non-hydrogen) atoms. The first-order chi connectivity index (χ1) is 7.90. The standard InChI is InChI=1S/C13H15NO3/c1-8-6-9(2)13(10(3)7-8)14-11(15)4-5-12(16)17/h4-7H,1-3H3,(H,14,15)(H,16,17)/b5-4-. The Bertz CT molecular complexity index is 466. The number of carboxylic acids is 1. The van der Waals surface area contributed by atoms with Gasteiger partial charge in [-0.3, -0.25) is 4.79 Å². The van der Waals surface area contributed by atoms with E-state index in [4.69, 9.17) is 5.11 Å². The third-order valence-corrected chi connectivity index (χ3v) is 2.30. The van der Waals surface area contributed by atoms with Crippen molar-refractivity contribution in [1.29, 1.82) is 0 Å². The number of rotatable bonds is 3.